The van der Waals surface area contributed by atoms with Crippen LogP contribution in [0.1, 0.15) is 21.7 Å². The number of aromatic nitrogens is 2. The van der Waals surface area contributed by atoms with E-state index in [4.69, 9.17) is 0 Å². The van der Waals surface area contributed by atoms with Gasteiger partial charge in [-0.3, -0.25) is 14.9 Å². The van der Waals surface area contributed by atoms with Crippen LogP contribution in [0.4, 0.5) is 0 Å². The standard InChI is InChI=1S/C19H15N3O2/c1-13-18(21-16-10-6-5-9-15(16)20-13)19(24)22-17(23)12-11-14-7-3-2-4-8-14/h2-12H,1H3,(H,22,23,24). The Kier molecular flexibility index (Phi) is 4.43. The molecule has 2 aromatic carbocycles. The van der Waals surface area contributed by atoms with Gasteiger partial charge in [0, 0.05) is 6.08 Å². The minimum absolute atomic E-state index is 0.148. The minimum atomic E-state index is -0.562. The summed E-state index contributed by atoms with van der Waals surface area (Å²) in [5.74, 6) is -1.06. The quantitative estimate of drug-likeness (QED) is 0.754. The van der Waals surface area contributed by atoms with Gasteiger partial charge in [-0.2, -0.15) is 0 Å². The van der Waals surface area contributed by atoms with Gasteiger partial charge in [-0.15, -0.1) is 0 Å². The Balaban J connectivity index is 1.76. The van der Waals surface area contributed by atoms with Crippen molar-refractivity contribution in [1.29, 1.82) is 0 Å². The molecule has 0 aliphatic heterocycles. The average Bonchev–Trinajstić information content (AvgIpc) is 2.60. The lowest BCUT2D eigenvalue weighted by atomic mass is 10.2. The van der Waals surface area contributed by atoms with Crippen LogP contribution in [0, 0.1) is 6.92 Å². The van der Waals surface area contributed by atoms with E-state index in [1.165, 1.54) is 6.08 Å². The van der Waals surface area contributed by atoms with Crippen LogP contribution in [-0.2, 0) is 4.79 Å². The summed E-state index contributed by atoms with van der Waals surface area (Å²) in [6.07, 6.45) is 2.96. The van der Waals surface area contributed by atoms with E-state index in [9.17, 15) is 9.59 Å². The number of nitrogens with zero attached hydrogens (tertiary/aromatic N) is 2. The molecule has 1 heterocycles. The lowest BCUT2D eigenvalue weighted by molar-refractivity contribution is -0.115. The fourth-order valence-electron chi connectivity index (χ4n) is 2.25. The summed E-state index contributed by atoms with van der Waals surface area (Å²) in [6.45, 7) is 1.69. The molecule has 3 aromatic rings. The second kappa shape index (κ2) is 6.83. The molecule has 0 saturated heterocycles. The highest BCUT2D eigenvalue weighted by atomic mass is 16.2. The molecule has 1 aromatic heterocycles. The monoisotopic (exact) mass is 317 g/mol. The van der Waals surface area contributed by atoms with Gasteiger partial charge in [0.2, 0.25) is 0 Å². The Hall–Kier alpha value is -3.34. The normalized spacial score (nSPS) is 10.9. The molecule has 118 valence electrons. The third-order valence-corrected chi connectivity index (χ3v) is 3.42. The first-order valence-corrected chi connectivity index (χ1v) is 7.45. The van der Waals surface area contributed by atoms with Crippen LogP contribution in [0.15, 0.2) is 60.7 Å². The number of carbonyl (C=O) groups excluding carboxylic acids is 2. The second-order valence-corrected chi connectivity index (χ2v) is 5.21. The molecule has 0 bridgehead atoms. The van der Waals surface area contributed by atoms with Gasteiger partial charge < -0.3 is 0 Å². The number of para-hydroxylation sites is 2. The molecule has 0 fully saturated rings. The predicted molar refractivity (Wildman–Crippen MR) is 92.2 cm³/mol. The molecule has 24 heavy (non-hydrogen) atoms. The fourth-order valence-corrected chi connectivity index (χ4v) is 2.25. The van der Waals surface area contributed by atoms with Crippen molar-refractivity contribution in [2.24, 2.45) is 0 Å². The molecule has 1 N–H and O–H groups in total. The molecule has 5 heteroatoms. The van der Waals surface area contributed by atoms with Crippen LogP contribution in [-0.4, -0.2) is 21.8 Å². The summed E-state index contributed by atoms with van der Waals surface area (Å²) >= 11 is 0. The third kappa shape index (κ3) is 3.52. The van der Waals surface area contributed by atoms with Crippen LogP contribution in [0.3, 0.4) is 0 Å². The van der Waals surface area contributed by atoms with Crippen LogP contribution >= 0.6 is 0 Å². The summed E-state index contributed by atoms with van der Waals surface area (Å²) in [5, 5.41) is 2.30. The number of hydrogen-bond donors (Lipinski definition) is 1. The van der Waals surface area contributed by atoms with Crippen molar-refractivity contribution >= 4 is 28.9 Å². The molecule has 0 unspecified atom stereocenters. The highest BCUT2D eigenvalue weighted by Gasteiger charge is 2.15. The second-order valence-electron chi connectivity index (χ2n) is 5.21. The van der Waals surface area contributed by atoms with Gasteiger partial charge in [-0.1, -0.05) is 42.5 Å². The molecule has 3 rings (SSSR count). The molecule has 5 nitrogen and oxygen atoms in total. The Morgan fingerprint density at radius 1 is 0.917 bits per heavy atom. The predicted octanol–water partition coefficient (Wildman–Crippen LogP) is 2.91. The maximum Gasteiger partial charge on any atom is 0.278 e. The topological polar surface area (TPSA) is 72.0 Å². The fraction of sp³-hybridized carbons (Fsp3) is 0.0526. The molecule has 0 aliphatic rings. The van der Waals surface area contributed by atoms with Gasteiger partial charge >= 0.3 is 0 Å². The van der Waals surface area contributed by atoms with E-state index in [1.807, 2.05) is 48.5 Å². The van der Waals surface area contributed by atoms with Gasteiger partial charge in [0.15, 0.2) is 5.69 Å². The SMILES string of the molecule is Cc1nc2ccccc2nc1C(=O)NC(=O)C=Cc1ccccc1. The summed E-state index contributed by atoms with van der Waals surface area (Å²) in [4.78, 5) is 32.8. The number of hydrogen-bond acceptors (Lipinski definition) is 4. The first-order chi connectivity index (χ1) is 11.6. The summed E-state index contributed by atoms with van der Waals surface area (Å²) in [7, 11) is 0. The molecule has 0 spiro atoms. The average molecular weight is 317 g/mol. The Morgan fingerprint density at radius 2 is 1.54 bits per heavy atom. The molecule has 0 radical (unpaired) electrons. The summed E-state index contributed by atoms with van der Waals surface area (Å²) in [5.41, 5.74) is 2.82. The zero-order valence-electron chi connectivity index (χ0n) is 13.1. The first-order valence-electron chi connectivity index (χ1n) is 7.45. The number of aryl methyl sites for hydroxylation is 1. The third-order valence-electron chi connectivity index (χ3n) is 3.42. The van der Waals surface area contributed by atoms with Crippen molar-refractivity contribution in [3.63, 3.8) is 0 Å². The maximum absolute atomic E-state index is 12.3. The lowest BCUT2D eigenvalue weighted by Crippen LogP contribution is -2.30. The van der Waals surface area contributed by atoms with Crippen LogP contribution < -0.4 is 5.32 Å². The van der Waals surface area contributed by atoms with Gasteiger partial charge in [0.25, 0.3) is 11.8 Å². The van der Waals surface area contributed by atoms with E-state index in [1.54, 1.807) is 19.1 Å². The number of amides is 2. The van der Waals surface area contributed by atoms with Crippen molar-refractivity contribution in [3.05, 3.63) is 77.6 Å². The van der Waals surface area contributed by atoms with Crippen molar-refractivity contribution in [2.75, 3.05) is 0 Å². The van der Waals surface area contributed by atoms with Crippen LogP contribution in [0.5, 0.6) is 0 Å². The van der Waals surface area contributed by atoms with Crippen molar-refractivity contribution in [1.82, 2.24) is 15.3 Å². The van der Waals surface area contributed by atoms with Gasteiger partial charge in [-0.25, -0.2) is 9.97 Å². The highest BCUT2D eigenvalue weighted by molar-refractivity contribution is 6.09. The van der Waals surface area contributed by atoms with Gasteiger partial charge in [0.1, 0.15) is 0 Å². The van der Waals surface area contributed by atoms with Gasteiger partial charge in [-0.05, 0) is 30.7 Å². The van der Waals surface area contributed by atoms with E-state index in [0.717, 1.165) is 5.56 Å². The van der Waals surface area contributed by atoms with Crippen molar-refractivity contribution < 1.29 is 9.59 Å². The lowest BCUT2D eigenvalue weighted by Gasteiger charge is -2.05. The number of nitrogens with one attached hydrogen (secondary N) is 1. The Morgan fingerprint density at radius 3 is 2.25 bits per heavy atom. The van der Waals surface area contributed by atoms with E-state index >= 15 is 0 Å². The molecular weight excluding hydrogens is 302 g/mol. The molecule has 0 saturated carbocycles. The minimum Gasteiger partial charge on any atom is -0.287 e. The van der Waals surface area contributed by atoms with Crippen molar-refractivity contribution in [3.8, 4) is 0 Å². The Bertz CT molecular complexity index is 934. The smallest absolute Gasteiger partial charge is 0.278 e. The van der Waals surface area contributed by atoms with E-state index in [0.29, 0.717) is 16.7 Å². The summed E-state index contributed by atoms with van der Waals surface area (Å²) in [6, 6.07) is 16.6. The number of rotatable bonds is 3. The summed E-state index contributed by atoms with van der Waals surface area (Å²) < 4.78 is 0. The van der Waals surface area contributed by atoms with Gasteiger partial charge in [0.05, 0.1) is 16.7 Å². The Labute approximate surface area is 139 Å². The van der Waals surface area contributed by atoms with E-state index in [-0.39, 0.29) is 5.69 Å². The first kappa shape index (κ1) is 15.6. The van der Waals surface area contributed by atoms with Crippen molar-refractivity contribution in [2.45, 2.75) is 6.92 Å². The molecule has 2 amide bonds. The number of benzene rings is 2. The number of imide groups is 1. The molecule has 0 atom stereocenters. The highest BCUT2D eigenvalue weighted by Crippen LogP contribution is 2.12. The maximum atomic E-state index is 12.3. The van der Waals surface area contributed by atoms with Crippen LogP contribution in [0.2, 0.25) is 0 Å². The zero-order valence-corrected chi connectivity index (χ0v) is 13.1. The molecule has 0 aliphatic carbocycles. The van der Waals surface area contributed by atoms with Crippen LogP contribution in [0.25, 0.3) is 17.1 Å². The number of carbonyl (C=O) groups is 2. The van der Waals surface area contributed by atoms with E-state index in [2.05, 4.69) is 15.3 Å². The van der Waals surface area contributed by atoms with E-state index < -0.39 is 11.8 Å². The number of fused-ring (bicyclic) bond motifs is 1. The molecular formula is C19H15N3O2. The zero-order chi connectivity index (χ0) is 16.9. The largest absolute Gasteiger partial charge is 0.287 e.